The first-order chi connectivity index (χ1) is 8.75. The van der Waals surface area contributed by atoms with Crippen molar-refractivity contribution in [1.29, 1.82) is 0 Å². The lowest BCUT2D eigenvalue weighted by molar-refractivity contribution is -0.150. The normalized spacial score (nSPS) is 10.2. The average Bonchev–Trinajstić information content (AvgIpc) is 2.27. The van der Waals surface area contributed by atoms with E-state index in [-0.39, 0.29) is 5.56 Å². The summed E-state index contributed by atoms with van der Waals surface area (Å²) in [6, 6.07) is 2.54. The molecule has 0 saturated carbocycles. The third-order valence-corrected chi connectivity index (χ3v) is 2.34. The second-order valence-corrected chi connectivity index (χ2v) is 3.52. The highest BCUT2D eigenvalue weighted by molar-refractivity contribution is 6.03. The lowest BCUT2D eigenvalue weighted by atomic mass is 9.92. The fourth-order valence-corrected chi connectivity index (χ4v) is 1.50. The molecule has 8 nitrogen and oxygen atoms in total. The molecule has 0 heterocycles. The van der Waals surface area contributed by atoms with Crippen LogP contribution < -0.4 is 0 Å². The van der Waals surface area contributed by atoms with Gasteiger partial charge in [0.15, 0.2) is 5.92 Å². The molecule has 0 bridgehead atoms. The minimum Gasteiger partial charge on any atom is -0.480 e. The van der Waals surface area contributed by atoms with Crippen LogP contribution in [-0.2, 0) is 9.59 Å². The van der Waals surface area contributed by atoms with Crippen LogP contribution in [0.15, 0.2) is 18.2 Å². The number of benzene rings is 1. The maximum Gasteiger partial charge on any atom is 0.336 e. The maximum atomic E-state index is 11.0. The highest BCUT2D eigenvalue weighted by Crippen LogP contribution is 2.23. The van der Waals surface area contributed by atoms with Crippen LogP contribution in [0, 0.1) is 0 Å². The number of carbonyl (C=O) groups is 4. The zero-order chi connectivity index (χ0) is 14.7. The lowest BCUT2D eigenvalue weighted by Gasteiger charge is -2.11. The second-order valence-electron chi connectivity index (χ2n) is 3.52. The third-order valence-electron chi connectivity index (χ3n) is 2.34. The van der Waals surface area contributed by atoms with Gasteiger partial charge in [0.05, 0.1) is 11.1 Å². The van der Waals surface area contributed by atoms with Crippen LogP contribution >= 0.6 is 0 Å². The summed E-state index contributed by atoms with van der Waals surface area (Å²) in [6.45, 7) is 0. The Hall–Kier alpha value is -2.90. The van der Waals surface area contributed by atoms with E-state index in [4.69, 9.17) is 20.4 Å². The molecule has 0 spiro atoms. The highest BCUT2D eigenvalue weighted by atomic mass is 16.4. The fraction of sp³-hybridized carbons (Fsp3) is 0.0909. The van der Waals surface area contributed by atoms with Crippen LogP contribution in [0.25, 0.3) is 0 Å². The number of rotatable bonds is 5. The van der Waals surface area contributed by atoms with Crippen molar-refractivity contribution in [2.24, 2.45) is 0 Å². The van der Waals surface area contributed by atoms with Gasteiger partial charge in [-0.25, -0.2) is 9.59 Å². The predicted molar refractivity (Wildman–Crippen MR) is 58.4 cm³/mol. The first kappa shape index (κ1) is 14.2. The number of carboxylic acids is 4. The summed E-state index contributed by atoms with van der Waals surface area (Å²) in [5.41, 5.74) is -1.54. The second kappa shape index (κ2) is 5.17. The van der Waals surface area contributed by atoms with Gasteiger partial charge in [0.2, 0.25) is 0 Å². The molecule has 0 unspecified atom stereocenters. The first-order valence-corrected chi connectivity index (χ1v) is 4.81. The number of aliphatic carboxylic acids is 2. The van der Waals surface area contributed by atoms with Gasteiger partial charge in [-0.05, 0) is 17.7 Å². The van der Waals surface area contributed by atoms with E-state index in [1.165, 1.54) is 0 Å². The van der Waals surface area contributed by atoms with E-state index >= 15 is 0 Å². The van der Waals surface area contributed by atoms with Crippen molar-refractivity contribution in [1.82, 2.24) is 0 Å². The van der Waals surface area contributed by atoms with Crippen molar-refractivity contribution < 1.29 is 39.6 Å². The van der Waals surface area contributed by atoms with Crippen molar-refractivity contribution in [3.63, 3.8) is 0 Å². The summed E-state index contributed by atoms with van der Waals surface area (Å²) in [5, 5.41) is 35.2. The Labute approximate surface area is 105 Å². The molecule has 0 fully saturated rings. The molecule has 0 aliphatic heterocycles. The summed E-state index contributed by atoms with van der Waals surface area (Å²) in [7, 11) is 0. The fourth-order valence-electron chi connectivity index (χ4n) is 1.50. The van der Waals surface area contributed by atoms with Crippen LogP contribution in [0.3, 0.4) is 0 Å². The number of hydrogen-bond donors (Lipinski definition) is 4. The molecule has 0 radical (unpaired) electrons. The third kappa shape index (κ3) is 2.86. The van der Waals surface area contributed by atoms with Gasteiger partial charge >= 0.3 is 23.9 Å². The molecule has 1 aromatic carbocycles. The highest BCUT2D eigenvalue weighted by Gasteiger charge is 2.32. The summed E-state index contributed by atoms with van der Waals surface area (Å²) in [4.78, 5) is 43.4. The molecule has 100 valence electrons. The molecule has 0 aliphatic rings. The van der Waals surface area contributed by atoms with Gasteiger partial charge in [0.1, 0.15) is 0 Å². The Morgan fingerprint density at radius 3 is 1.74 bits per heavy atom. The van der Waals surface area contributed by atoms with E-state index in [0.29, 0.717) is 0 Å². The van der Waals surface area contributed by atoms with Gasteiger partial charge in [0, 0.05) is 0 Å². The van der Waals surface area contributed by atoms with Crippen LogP contribution in [0.4, 0.5) is 0 Å². The van der Waals surface area contributed by atoms with E-state index in [1.54, 1.807) is 0 Å². The van der Waals surface area contributed by atoms with E-state index in [2.05, 4.69) is 0 Å². The molecule has 1 aromatic rings. The summed E-state index contributed by atoms with van der Waals surface area (Å²) in [6.07, 6.45) is 0. The van der Waals surface area contributed by atoms with Gasteiger partial charge < -0.3 is 20.4 Å². The van der Waals surface area contributed by atoms with E-state index in [0.717, 1.165) is 18.2 Å². The Kier molecular flexibility index (Phi) is 3.85. The van der Waals surface area contributed by atoms with Gasteiger partial charge in [-0.1, -0.05) is 6.07 Å². The Morgan fingerprint density at radius 2 is 1.37 bits per heavy atom. The zero-order valence-corrected chi connectivity index (χ0v) is 9.23. The molecule has 8 heteroatoms. The SMILES string of the molecule is O=C(O)c1ccc(C(C(=O)O)C(=O)O)c(C(=O)O)c1. The molecular formula is C11H8O8. The monoisotopic (exact) mass is 268 g/mol. The van der Waals surface area contributed by atoms with Crippen molar-refractivity contribution in [2.45, 2.75) is 5.92 Å². The Morgan fingerprint density at radius 1 is 0.842 bits per heavy atom. The average molecular weight is 268 g/mol. The number of hydrogen-bond acceptors (Lipinski definition) is 4. The van der Waals surface area contributed by atoms with Crippen molar-refractivity contribution in [3.05, 3.63) is 34.9 Å². The van der Waals surface area contributed by atoms with Crippen LogP contribution in [-0.4, -0.2) is 44.3 Å². The standard InChI is InChI=1S/C11H8O8/c12-8(13)4-1-2-5(6(3-4)9(14)15)7(10(16)17)11(18)19/h1-3,7H,(H,12,13)(H,14,15)(H,16,17)(H,18,19). The quantitative estimate of drug-likeness (QED) is 0.558. The van der Waals surface area contributed by atoms with Crippen LogP contribution in [0.5, 0.6) is 0 Å². The molecule has 0 saturated heterocycles. The summed E-state index contributed by atoms with van der Waals surface area (Å²) < 4.78 is 0. The Bertz CT molecular complexity index is 560. The largest absolute Gasteiger partial charge is 0.480 e. The van der Waals surface area contributed by atoms with Crippen molar-refractivity contribution in [2.75, 3.05) is 0 Å². The molecule has 1 rings (SSSR count). The number of carboxylic acid groups (broad SMARTS) is 4. The van der Waals surface area contributed by atoms with E-state index < -0.39 is 40.9 Å². The van der Waals surface area contributed by atoms with Gasteiger partial charge in [-0.2, -0.15) is 0 Å². The van der Waals surface area contributed by atoms with Gasteiger partial charge in [-0.15, -0.1) is 0 Å². The molecule has 0 amide bonds. The maximum absolute atomic E-state index is 11.0. The molecule has 4 N–H and O–H groups in total. The van der Waals surface area contributed by atoms with E-state index in [1.807, 2.05) is 0 Å². The van der Waals surface area contributed by atoms with Crippen LogP contribution in [0.1, 0.15) is 32.2 Å². The summed E-state index contributed by atoms with van der Waals surface area (Å²) in [5.74, 6) is -8.56. The molecular weight excluding hydrogens is 260 g/mol. The molecule has 0 atom stereocenters. The van der Waals surface area contributed by atoms with Gasteiger partial charge in [0.25, 0.3) is 0 Å². The molecule has 0 aliphatic carbocycles. The molecule has 19 heavy (non-hydrogen) atoms. The minimum atomic E-state index is -2.08. The molecule has 0 aromatic heterocycles. The van der Waals surface area contributed by atoms with Crippen molar-refractivity contribution >= 4 is 23.9 Å². The predicted octanol–water partition coefficient (Wildman–Crippen LogP) is 0.336. The zero-order valence-electron chi connectivity index (χ0n) is 9.23. The lowest BCUT2D eigenvalue weighted by Crippen LogP contribution is -2.23. The smallest absolute Gasteiger partial charge is 0.336 e. The Balaban J connectivity index is 3.50. The number of aromatic carboxylic acids is 2. The van der Waals surface area contributed by atoms with E-state index in [9.17, 15) is 19.2 Å². The minimum absolute atomic E-state index is 0.379. The van der Waals surface area contributed by atoms with Crippen LogP contribution in [0.2, 0.25) is 0 Å². The summed E-state index contributed by atoms with van der Waals surface area (Å²) >= 11 is 0. The van der Waals surface area contributed by atoms with Gasteiger partial charge in [-0.3, -0.25) is 9.59 Å². The first-order valence-electron chi connectivity index (χ1n) is 4.81. The topological polar surface area (TPSA) is 149 Å². The van der Waals surface area contributed by atoms with Crippen molar-refractivity contribution in [3.8, 4) is 0 Å².